The summed E-state index contributed by atoms with van der Waals surface area (Å²) in [5.74, 6) is -0.310. The maximum Gasteiger partial charge on any atom is 0.267 e. The van der Waals surface area contributed by atoms with E-state index in [9.17, 15) is 9.18 Å². The normalized spacial score (nSPS) is 10.4. The Morgan fingerprint density at radius 1 is 1.28 bits per heavy atom. The molecule has 0 spiro atoms. The van der Waals surface area contributed by atoms with Crippen molar-refractivity contribution in [1.82, 2.24) is 14.9 Å². The van der Waals surface area contributed by atoms with Crippen LogP contribution in [0.1, 0.15) is 10.5 Å². The van der Waals surface area contributed by atoms with Gasteiger partial charge in [0.1, 0.15) is 23.9 Å². The number of ether oxygens (including phenoxy) is 1. The number of carbonyl (C=O) groups is 1. The van der Waals surface area contributed by atoms with Crippen molar-refractivity contribution in [2.24, 2.45) is 5.73 Å². The first-order valence-corrected chi connectivity index (χ1v) is 7.55. The van der Waals surface area contributed by atoms with E-state index in [1.54, 1.807) is 36.7 Å². The molecule has 3 aromatic rings. The lowest BCUT2D eigenvalue weighted by Crippen LogP contribution is -2.21. The molecule has 25 heavy (non-hydrogen) atoms. The molecule has 0 saturated heterocycles. The van der Waals surface area contributed by atoms with E-state index in [1.807, 2.05) is 0 Å². The Kier molecular flexibility index (Phi) is 4.89. The molecule has 0 aliphatic heterocycles. The summed E-state index contributed by atoms with van der Waals surface area (Å²) >= 11 is 0. The Balaban J connectivity index is 1.57. The zero-order valence-corrected chi connectivity index (χ0v) is 13.2. The van der Waals surface area contributed by atoms with Crippen LogP contribution in [-0.2, 0) is 0 Å². The van der Waals surface area contributed by atoms with E-state index >= 15 is 0 Å². The molecular formula is C17H16FN5O2. The number of halogens is 1. The lowest BCUT2D eigenvalue weighted by Gasteiger charge is -2.08. The van der Waals surface area contributed by atoms with Gasteiger partial charge in [-0.25, -0.2) is 4.39 Å². The lowest BCUT2D eigenvalue weighted by atomic mass is 10.1. The number of benzene rings is 1. The molecule has 7 nitrogen and oxygen atoms in total. The van der Waals surface area contributed by atoms with Gasteiger partial charge in [0.25, 0.3) is 5.91 Å². The molecule has 8 heteroatoms. The number of nitrogens with two attached hydrogens (primary N) is 1. The summed E-state index contributed by atoms with van der Waals surface area (Å²) in [6.45, 7) is 0.856. The minimum atomic E-state index is -0.594. The standard InChI is InChI=1S/C17H16FN5O2/c18-13-3-5-14(6-4-13)25-9-8-21-23-11-12(10-22-23)15-2-1-7-20-16(15)17(19)24/h1-7,10-11,21H,8-9H2,(H2,19,24). The van der Waals surface area contributed by atoms with E-state index in [2.05, 4.69) is 15.5 Å². The molecule has 0 radical (unpaired) electrons. The van der Waals surface area contributed by atoms with Crippen molar-refractivity contribution in [1.29, 1.82) is 0 Å². The molecule has 3 rings (SSSR count). The van der Waals surface area contributed by atoms with Gasteiger partial charge in [-0.1, -0.05) is 6.07 Å². The van der Waals surface area contributed by atoms with Crippen LogP contribution in [0, 0.1) is 5.82 Å². The minimum Gasteiger partial charge on any atom is -0.492 e. The fraction of sp³-hybridized carbons (Fsp3) is 0.118. The Labute approximate surface area is 143 Å². The number of aromatic nitrogens is 3. The number of carbonyl (C=O) groups excluding carboxylic acids is 1. The molecule has 128 valence electrons. The van der Waals surface area contributed by atoms with Crippen molar-refractivity contribution in [2.75, 3.05) is 18.6 Å². The number of hydrogen-bond acceptors (Lipinski definition) is 5. The molecule has 0 unspecified atom stereocenters. The predicted octanol–water partition coefficient (Wildman–Crippen LogP) is 1.81. The fourth-order valence-corrected chi connectivity index (χ4v) is 2.24. The van der Waals surface area contributed by atoms with Crippen molar-refractivity contribution >= 4 is 5.91 Å². The number of nitrogens with zero attached hydrogens (tertiary/aromatic N) is 3. The van der Waals surface area contributed by atoms with Gasteiger partial charge in [0.2, 0.25) is 0 Å². The van der Waals surface area contributed by atoms with E-state index in [0.29, 0.717) is 30.0 Å². The maximum absolute atomic E-state index is 12.8. The van der Waals surface area contributed by atoms with E-state index in [0.717, 1.165) is 0 Å². The topological polar surface area (TPSA) is 95.1 Å². The largest absolute Gasteiger partial charge is 0.492 e. The smallest absolute Gasteiger partial charge is 0.267 e. The molecule has 0 bridgehead atoms. The summed E-state index contributed by atoms with van der Waals surface area (Å²) in [5.41, 5.74) is 9.90. The zero-order valence-electron chi connectivity index (χ0n) is 13.2. The Morgan fingerprint density at radius 2 is 2.08 bits per heavy atom. The van der Waals surface area contributed by atoms with Gasteiger partial charge in [-0.2, -0.15) is 9.89 Å². The number of primary amides is 1. The van der Waals surface area contributed by atoms with Crippen LogP contribution in [0.25, 0.3) is 11.1 Å². The first-order valence-electron chi connectivity index (χ1n) is 7.55. The number of hydrogen-bond donors (Lipinski definition) is 2. The second-order valence-electron chi connectivity index (χ2n) is 5.15. The van der Waals surface area contributed by atoms with Crippen LogP contribution in [0.4, 0.5) is 4.39 Å². The van der Waals surface area contributed by atoms with Crippen LogP contribution in [0.5, 0.6) is 5.75 Å². The summed E-state index contributed by atoms with van der Waals surface area (Å²) < 4.78 is 18.3. The second kappa shape index (κ2) is 7.43. The monoisotopic (exact) mass is 341 g/mol. The Bertz CT molecular complexity index is 863. The van der Waals surface area contributed by atoms with Crippen molar-refractivity contribution < 1.29 is 13.9 Å². The lowest BCUT2D eigenvalue weighted by molar-refractivity contribution is 0.0996. The number of rotatable bonds is 7. The quantitative estimate of drug-likeness (QED) is 0.639. The molecule has 0 saturated carbocycles. The highest BCUT2D eigenvalue weighted by atomic mass is 19.1. The number of amides is 1. The van der Waals surface area contributed by atoms with Gasteiger partial charge >= 0.3 is 0 Å². The molecule has 3 N–H and O–H groups in total. The summed E-state index contributed by atoms with van der Waals surface area (Å²) in [6.07, 6.45) is 4.84. The summed E-state index contributed by atoms with van der Waals surface area (Å²) in [6, 6.07) is 9.29. The van der Waals surface area contributed by atoms with Crippen molar-refractivity contribution in [3.05, 3.63) is 66.5 Å². The van der Waals surface area contributed by atoms with Gasteiger partial charge < -0.3 is 15.9 Å². The molecule has 0 atom stereocenters. The van der Waals surface area contributed by atoms with Crippen molar-refractivity contribution in [2.45, 2.75) is 0 Å². The Hall–Kier alpha value is -3.42. The van der Waals surface area contributed by atoms with Gasteiger partial charge in [0.15, 0.2) is 0 Å². The van der Waals surface area contributed by atoms with Crippen molar-refractivity contribution in [3.8, 4) is 16.9 Å². The third kappa shape index (κ3) is 4.11. The predicted molar refractivity (Wildman–Crippen MR) is 90.1 cm³/mol. The second-order valence-corrected chi connectivity index (χ2v) is 5.15. The number of pyridine rings is 1. The summed E-state index contributed by atoms with van der Waals surface area (Å²) in [7, 11) is 0. The first-order chi connectivity index (χ1) is 12.1. The molecule has 1 aromatic carbocycles. The average Bonchev–Trinajstić information content (AvgIpc) is 3.09. The highest BCUT2D eigenvalue weighted by Gasteiger charge is 2.12. The average molecular weight is 341 g/mol. The molecule has 0 aliphatic rings. The minimum absolute atomic E-state index is 0.196. The van der Waals surface area contributed by atoms with Crippen molar-refractivity contribution in [3.63, 3.8) is 0 Å². The fourth-order valence-electron chi connectivity index (χ4n) is 2.24. The summed E-state index contributed by atoms with van der Waals surface area (Å²) in [5, 5.41) is 4.17. The number of nitrogens with one attached hydrogen (secondary N) is 1. The van der Waals surface area contributed by atoms with Crippen LogP contribution in [-0.4, -0.2) is 33.9 Å². The molecule has 1 amide bonds. The van der Waals surface area contributed by atoms with Crippen LogP contribution < -0.4 is 15.9 Å². The van der Waals surface area contributed by atoms with Crippen LogP contribution in [0.3, 0.4) is 0 Å². The zero-order chi connectivity index (χ0) is 17.6. The van der Waals surface area contributed by atoms with Crippen LogP contribution >= 0.6 is 0 Å². The van der Waals surface area contributed by atoms with E-state index in [1.165, 1.54) is 23.1 Å². The highest BCUT2D eigenvalue weighted by molar-refractivity contribution is 5.97. The highest BCUT2D eigenvalue weighted by Crippen LogP contribution is 2.20. The van der Waals surface area contributed by atoms with Gasteiger partial charge in [0.05, 0.1) is 18.9 Å². The van der Waals surface area contributed by atoms with E-state index < -0.39 is 5.91 Å². The van der Waals surface area contributed by atoms with Gasteiger partial charge in [-0.3, -0.25) is 9.78 Å². The molecular weight excluding hydrogens is 325 g/mol. The summed E-state index contributed by atoms with van der Waals surface area (Å²) in [4.78, 5) is 17.0. The molecule has 2 aromatic heterocycles. The first kappa shape index (κ1) is 16.4. The van der Waals surface area contributed by atoms with E-state index in [4.69, 9.17) is 10.5 Å². The SMILES string of the molecule is NC(=O)c1ncccc1-c1cnn(NCCOc2ccc(F)cc2)c1. The van der Waals surface area contributed by atoms with Gasteiger partial charge in [-0.15, -0.1) is 0 Å². The molecule has 0 aliphatic carbocycles. The van der Waals surface area contributed by atoms with Gasteiger partial charge in [-0.05, 0) is 30.3 Å². The molecule has 2 heterocycles. The van der Waals surface area contributed by atoms with Crippen LogP contribution in [0.15, 0.2) is 55.0 Å². The van der Waals surface area contributed by atoms with Gasteiger partial charge in [0, 0.05) is 17.3 Å². The van der Waals surface area contributed by atoms with Crippen LogP contribution in [0.2, 0.25) is 0 Å². The third-order valence-electron chi connectivity index (χ3n) is 3.39. The maximum atomic E-state index is 12.8. The third-order valence-corrected chi connectivity index (χ3v) is 3.39. The molecule has 0 fully saturated rings. The van der Waals surface area contributed by atoms with E-state index in [-0.39, 0.29) is 11.5 Å². The Morgan fingerprint density at radius 3 is 2.84 bits per heavy atom.